The largest absolute Gasteiger partial charge is 0.394 e. The van der Waals surface area contributed by atoms with Gasteiger partial charge in [-0.3, -0.25) is 4.79 Å². The zero-order valence-electron chi connectivity index (χ0n) is 9.44. The lowest BCUT2D eigenvalue weighted by molar-refractivity contribution is 0.290. The third-order valence-corrected chi connectivity index (χ3v) is 2.58. The van der Waals surface area contributed by atoms with E-state index in [0.29, 0.717) is 5.69 Å². The lowest BCUT2D eigenvalue weighted by Crippen LogP contribution is -2.27. The van der Waals surface area contributed by atoms with Gasteiger partial charge in [-0.2, -0.15) is 0 Å². The van der Waals surface area contributed by atoms with Crippen molar-refractivity contribution in [3.8, 4) is 0 Å². The summed E-state index contributed by atoms with van der Waals surface area (Å²) in [6, 6.07) is 1.51. The van der Waals surface area contributed by atoms with E-state index in [2.05, 4.69) is 18.7 Å². The summed E-state index contributed by atoms with van der Waals surface area (Å²) in [5.41, 5.74) is 5.76. The number of aromatic nitrogens is 1. The Morgan fingerprint density at radius 2 is 2.07 bits per heavy atom. The quantitative estimate of drug-likeness (QED) is 0.779. The van der Waals surface area contributed by atoms with Gasteiger partial charge in [0.15, 0.2) is 0 Å². The molecule has 0 radical (unpaired) electrons. The maximum absolute atomic E-state index is 11.1. The van der Waals surface area contributed by atoms with Crippen LogP contribution in [0.1, 0.15) is 13.8 Å². The number of pyridine rings is 1. The molecule has 0 bridgehead atoms. The predicted octanol–water partition coefficient (Wildman–Crippen LogP) is 0.772. The molecule has 0 fully saturated rings. The van der Waals surface area contributed by atoms with E-state index < -0.39 is 0 Å². The second-order valence-corrected chi connectivity index (χ2v) is 3.53. The van der Waals surface area contributed by atoms with Crippen LogP contribution in [-0.4, -0.2) is 29.1 Å². The topological polar surface area (TPSA) is 51.3 Å². The Hall–Kier alpha value is -1.29. The maximum atomic E-state index is 11.1. The third kappa shape index (κ3) is 3.40. The van der Waals surface area contributed by atoms with Gasteiger partial charge in [-0.15, -0.1) is 0 Å². The summed E-state index contributed by atoms with van der Waals surface area (Å²) in [6.07, 6.45) is 3.48. The number of nitrogens with zero attached hydrogens (tertiary/aromatic N) is 2. The number of rotatable bonds is 5. The number of anilines is 1. The Bertz CT molecular complexity index is 355. The van der Waals surface area contributed by atoms with E-state index in [1.165, 1.54) is 6.07 Å². The number of nitrogen functional groups attached to an aromatic ring is 1. The SMILES string of the molecule is CCN(CC)CCn1ccc(=O)c(N)c1. The van der Waals surface area contributed by atoms with Crippen molar-refractivity contribution in [3.63, 3.8) is 0 Å². The molecular weight excluding hydrogens is 190 g/mol. The molecular formula is C11H19N3O. The van der Waals surface area contributed by atoms with Crippen molar-refractivity contribution in [3.05, 3.63) is 28.7 Å². The normalized spacial score (nSPS) is 10.9. The molecule has 1 heterocycles. The smallest absolute Gasteiger partial charge is 0.204 e. The van der Waals surface area contributed by atoms with Crippen LogP contribution in [0, 0.1) is 0 Å². The van der Waals surface area contributed by atoms with Gasteiger partial charge >= 0.3 is 0 Å². The van der Waals surface area contributed by atoms with E-state index in [-0.39, 0.29) is 5.43 Å². The molecule has 1 rings (SSSR count). The van der Waals surface area contributed by atoms with Gasteiger partial charge in [0.1, 0.15) is 0 Å². The van der Waals surface area contributed by atoms with Crippen LogP contribution in [0.15, 0.2) is 23.3 Å². The zero-order chi connectivity index (χ0) is 11.3. The van der Waals surface area contributed by atoms with Crippen LogP contribution in [-0.2, 0) is 6.54 Å². The second-order valence-electron chi connectivity index (χ2n) is 3.53. The molecule has 0 amide bonds. The Morgan fingerprint density at radius 1 is 1.40 bits per heavy atom. The Labute approximate surface area is 90.3 Å². The molecule has 4 heteroatoms. The first-order valence-electron chi connectivity index (χ1n) is 5.35. The Kier molecular flexibility index (Phi) is 4.37. The molecule has 2 N–H and O–H groups in total. The van der Waals surface area contributed by atoms with Crippen molar-refractivity contribution >= 4 is 5.69 Å². The van der Waals surface area contributed by atoms with Gasteiger partial charge in [0, 0.05) is 31.5 Å². The molecule has 84 valence electrons. The average Bonchev–Trinajstić information content (AvgIpc) is 2.24. The molecule has 0 aromatic carbocycles. The summed E-state index contributed by atoms with van der Waals surface area (Å²) in [5, 5.41) is 0. The Balaban J connectivity index is 2.58. The monoisotopic (exact) mass is 209 g/mol. The van der Waals surface area contributed by atoms with Crippen molar-refractivity contribution in [2.45, 2.75) is 20.4 Å². The summed E-state index contributed by atoms with van der Waals surface area (Å²) in [6.45, 7) is 8.23. The standard InChI is InChI=1S/C11H19N3O/c1-3-13(4-2)7-8-14-6-5-11(15)10(12)9-14/h5-6,9H,3-4,7-8,12H2,1-2H3. The third-order valence-electron chi connectivity index (χ3n) is 2.58. The molecule has 0 aliphatic rings. The minimum absolute atomic E-state index is 0.103. The van der Waals surface area contributed by atoms with Gasteiger partial charge < -0.3 is 15.2 Å². The van der Waals surface area contributed by atoms with Gasteiger partial charge in [0.25, 0.3) is 0 Å². The highest BCUT2D eigenvalue weighted by Gasteiger charge is 1.99. The summed E-state index contributed by atoms with van der Waals surface area (Å²) in [4.78, 5) is 13.4. The van der Waals surface area contributed by atoms with Crippen LogP contribution in [0.25, 0.3) is 0 Å². The van der Waals surface area contributed by atoms with E-state index in [1.54, 1.807) is 12.4 Å². The van der Waals surface area contributed by atoms with Crippen LogP contribution in [0.4, 0.5) is 5.69 Å². The van der Waals surface area contributed by atoms with Crippen molar-refractivity contribution in [2.24, 2.45) is 0 Å². The fraction of sp³-hybridized carbons (Fsp3) is 0.545. The number of hydrogen-bond acceptors (Lipinski definition) is 3. The summed E-state index contributed by atoms with van der Waals surface area (Å²) in [5.74, 6) is 0. The van der Waals surface area contributed by atoms with E-state index >= 15 is 0 Å². The van der Waals surface area contributed by atoms with Gasteiger partial charge in [-0.25, -0.2) is 0 Å². The maximum Gasteiger partial charge on any atom is 0.204 e. The molecule has 0 unspecified atom stereocenters. The van der Waals surface area contributed by atoms with Crippen molar-refractivity contribution in [1.82, 2.24) is 9.47 Å². The first-order valence-corrected chi connectivity index (χ1v) is 5.35. The van der Waals surface area contributed by atoms with Crippen LogP contribution >= 0.6 is 0 Å². The van der Waals surface area contributed by atoms with Gasteiger partial charge in [0.2, 0.25) is 5.43 Å². The van der Waals surface area contributed by atoms with E-state index in [1.807, 2.05) is 4.57 Å². The molecule has 0 aliphatic carbocycles. The summed E-state index contributed by atoms with van der Waals surface area (Å²) >= 11 is 0. The lowest BCUT2D eigenvalue weighted by Gasteiger charge is -2.18. The lowest BCUT2D eigenvalue weighted by atomic mass is 10.4. The van der Waals surface area contributed by atoms with Gasteiger partial charge in [-0.1, -0.05) is 13.8 Å². The molecule has 0 aliphatic heterocycles. The van der Waals surface area contributed by atoms with Crippen molar-refractivity contribution in [2.75, 3.05) is 25.4 Å². The molecule has 0 spiro atoms. The molecule has 15 heavy (non-hydrogen) atoms. The summed E-state index contributed by atoms with van der Waals surface area (Å²) < 4.78 is 1.95. The van der Waals surface area contributed by atoms with Gasteiger partial charge in [-0.05, 0) is 13.1 Å². The van der Waals surface area contributed by atoms with Crippen LogP contribution in [0.2, 0.25) is 0 Å². The Morgan fingerprint density at radius 3 is 2.60 bits per heavy atom. The molecule has 0 atom stereocenters. The number of likely N-dealkylation sites (N-methyl/N-ethyl adjacent to an activating group) is 1. The minimum Gasteiger partial charge on any atom is -0.394 e. The van der Waals surface area contributed by atoms with Crippen LogP contribution in [0.5, 0.6) is 0 Å². The van der Waals surface area contributed by atoms with Crippen LogP contribution in [0.3, 0.4) is 0 Å². The molecule has 0 saturated heterocycles. The fourth-order valence-corrected chi connectivity index (χ4v) is 1.48. The highest BCUT2D eigenvalue weighted by Crippen LogP contribution is 1.95. The van der Waals surface area contributed by atoms with E-state index in [4.69, 9.17) is 5.73 Å². The average molecular weight is 209 g/mol. The van der Waals surface area contributed by atoms with E-state index in [0.717, 1.165) is 26.2 Å². The summed E-state index contributed by atoms with van der Waals surface area (Å²) in [7, 11) is 0. The van der Waals surface area contributed by atoms with Gasteiger partial charge in [0.05, 0.1) is 5.69 Å². The van der Waals surface area contributed by atoms with E-state index in [9.17, 15) is 4.79 Å². The fourth-order valence-electron chi connectivity index (χ4n) is 1.48. The first kappa shape index (κ1) is 11.8. The number of nitrogens with two attached hydrogens (primary N) is 1. The molecule has 4 nitrogen and oxygen atoms in total. The second kappa shape index (κ2) is 5.56. The van der Waals surface area contributed by atoms with Crippen molar-refractivity contribution < 1.29 is 0 Å². The number of hydrogen-bond donors (Lipinski definition) is 1. The zero-order valence-corrected chi connectivity index (χ0v) is 9.44. The predicted molar refractivity (Wildman–Crippen MR) is 62.9 cm³/mol. The molecule has 1 aromatic heterocycles. The highest BCUT2D eigenvalue weighted by molar-refractivity contribution is 5.33. The van der Waals surface area contributed by atoms with Crippen molar-refractivity contribution in [1.29, 1.82) is 0 Å². The van der Waals surface area contributed by atoms with Crippen LogP contribution < -0.4 is 11.2 Å². The molecule has 0 saturated carbocycles. The minimum atomic E-state index is -0.103. The highest BCUT2D eigenvalue weighted by atomic mass is 16.1. The molecule has 1 aromatic rings. The first-order chi connectivity index (χ1) is 7.17.